The van der Waals surface area contributed by atoms with Crippen LogP contribution in [0.4, 0.5) is 0 Å². The number of allylic oxidation sites excluding steroid dienone is 1. The monoisotopic (exact) mass is 174 g/mol. The summed E-state index contributed by atoms with van der Waals surface area (Å²) in [6.07, 6.45) is 2.53. The summed E-state index contributed by atoms with van der Waals surface area (Å²) in [4.78, 5) is 11.7. The molecule has 0 aliphatic carbocycles. The predicted molar refractivity (Wildman–Crippen MR) is 54.8 cm³/mol. The van der Waals surface area contributed by atoms with Crippen molar-refractivity contribution in [2.45, 2.75) is 13.3 Å². The summed E-state index contributed by atoms with van der Waals surface area (Å²) in [6, 6.07) is 9.35. The van der Waals surface area contributed by atoms with Crippen LogP contribution in [0.15, 0.2) is 43.0 Å². The third kappa shape index (κ3) is 2.28. The molecule has 0 heterocycles. The highest BCUT2D eigenvalue weighted by atomic mass is 16.1. The minimum absolute atomic E-state index is 0.0394. The Kier molecular flexibility index (Phi) is 3.44. The van der Waals surface area contributed by atoms with E-state index in [4.69, 9.17) is 0 Å². The third-order valence-electron chi connectivity index (χ3n) is 2.12. The maximum atomic E-state index is 11.7. The Morgan fingerprint density at radius 2 is 2.08 bits per heavy atom. The quantitative estimate of drug-likeness (QED) is 0.506. The Hall–Kier alpha value is -1.37. The molecule has 0 aliphatic heterocycles. The number of rotatable bonds is 4. The fourth-order valence-corrected chi connectivity index (χ4v) is 1.28. The lowest BCUT2D eigenvalue weighted by molar-refractivity contribution is 0.0943. The lowest BCUT2D eigenvalue weighted by atomic mass is 9.96. The largest absolute Gasteiger partial charge is 0.294 e. The summed E-state index contributed by atoms with van der Waals surface area (Å²) in [6.45, 7) is 5.65. The molecule has 0 bridgehead atoms. The minimum atomic E-state index is -0.0394. The van der Waals surface area contributed by atoms with Crippen LogP contribution in [0.1, 0.15) is 23.7 Å². The average Bonchev–Trinajstić information content (AvgIpc) is 2.21. The van der Waals surface area contributed by atoms with Crippen LogP contribution in [-0.2, 0) is 0 Å². The van der Waals surface area contributed by atoms with E-state index >= 15 is 0 Å². The SMILES string of the molecule is C=C[C@@H](CC)C(=O)c1ccccc1. The van der Waals surface area contributed by atoms with E-state index in [0.717, 1.165) is 12.0 Å². The average molecular weight is 174 g/mol. The van der Waals surface area contributed by atoms with Crippen molar-refractivity contribution in [3.05, 3.63) is 48.6 Å². The van der Waals surface area contributed by atoms with Crippen molar-refractivity contribution < 1.29 is 4.79 Å². The van der Waals surface area contributed by atoms with Gasteiger partial charge in [0.05, 0.1) is 0 Å². The van der Waals surface area contributed by atoms with Gasteiger partial charge in [-0.1, -0.05) is 43.3 Å². The van der Waals surface area contributed by atoms with Crippen LogP contribution in [0.3, 0.4) is 0 Å². The first-order valence-corrected chi connectivity index (χ1v) is 4.51. The van der Waals surface area contributed by atoms with Gasteiger partial charge in [0.2, 0.25) is 0 Å². The van der Waals surface area contributed by atoms with Gasteiger partial charge >= 0.3 is 0 Å². The number of carbonyl (C=O) groups is 1. The normalized spacial score (nSPS) is 12.1. The molecule has 13 heavy (non-hydrogen) atoms. The lowest BCUT2D eigenvalue weighted by Crippen LogP contribution is -2.10. The fraction of sp³-hybridized carbons (Fsp3) is 0.250. The maximum absolute atomic E-state index is 11.7. The molecule has 1 rings (SSSR count). The summed E-state index contributed by atoms with van der Waals surface area (Å²) < 4.78 is 0. The second kappa shape index (κ2) is 4.61. The molecule has 68 valence electrons. The highest BCUT2D eigenvalue weighted by molar-refractivity contribution is 5.98. The third-order valence-corrected chi connectivity index (χ3v) is 2.12. The van der Waals surface area contributed by atoms with Gasteiger partial charge in [0, 0.05) is 11.5 Å². The number of carbonyl (C=O) groups excluding carboxylic acids is 1. The molecule has 0 aromatic heterocycles. The molecule has 0 aliphatic rings. The number of Topliss-reactive ketones (excluding diaryl/α,β-unsaturated/α-hetero) is 1. The molecule has 1 atom stereocenters. The topological polar surface area (TPSA) is 17.1 Å². The fourth-order valence-electron chi connectivity index (χ4n) is 1.28. The van der Waals surface area contributed by atoms with Crippen LogP contribution in [0, 0.1) is 5.92 Å². The van der Waals surface area contributed by atoms with Crippen molar-refractivity contribution in [1.29, 1.82) is 0 Å². The van der Waals surface area contributed by atoms with Gasteiger partial charge in [0.25, 0.3) is 0 Å². The van der Waals surface area contributed by atoms with Crippen molar-refractivity contribution in [2.75, 3.05) is 0 Å². The second-order valence-corrected chi connectivity index (χ2v) is 2.98. The number of ketones is 1. The molecule has 0 saturated carbocycles. The highest BCUT2D eigenvalue weighted by Gasteiger charge is 2.13. The van der Waals surface area contributed by atoms with Gasteiger partial charge in [-0.2, -0.15) is 0 Å². The van der Waals surface area contributed by atoms with Crippen LogP contribution in [0.5, 0.6) is 0 Å². The lowest BCUT2D eigenvalue weighted by Gasteiger charge is -2.07. The molecule has 0 spiro atoms. The molecule has 0 amide bonds. The molecule has 0 radical (unpaired) electrons. The zero-order chi connectivity index (χ0) is 9.68. The Morgan fingerprint density at radius 1 is 1.46 bits per heavy atom. The summed E-state index contributed by atoms with van der Waals surface area (Å²) >= 11 is 0. The molecule has 0 N–H and O–H groups in total. The van der Waals surface area contributed by atoms with Gasteiger partial charge < -0.3 is 0 Å². The van der Waals surface area contributed by atoms with Gasteiger partial charge in [-0.05, 0) is 6.42 Å². The van der Waals surface area contributed by atoms with E-state index < -0.39 is 0 Å². The zero-order valence-electron chi connectivity index (χ0n) is 7.86. The van der Waals surface area contributed by atoms with E-state index in [1.807, 2.05) is 37.3 Å². The van der Waals surface area contributed by atoms with E-state index in [-0.39, 0.29) is 11.7 Å². The van der Waals surface area contributed by atoms with Crippen LogP contribution in [-0.4, -0.2) is 5.78 Å². The van der Waals surface area contributed by atoms with E-state index in [9.17, 15) is 4.79 Å². The van der Waals surface area contributed by atoms with Crippen LogP contribution in [0.2, 0.25) is 0 Å². The van der Waals surface area contributed by atoms with Crippen LogP contribution in [0.25, 0.3) is 0 Å². The molecule has 0 unspecified atom stereocenters. The molecule has 1 aromatic carbocycles. The molecule has 0 fully saturated rings. The first-order chi connectivity index (χ1) is 6.29. The summed E-state index contributed by atoms with van der Waals surface area (Å²) in [5, 5.41) is 0. The van der Waals surface area contributed by atoms with Crippen molar-refractivity contribution in [1.82, 2.24) is 0 Å². The van der Waals surface area contributed by atoms with Gasteiger partial charge in [0.1, 0.15) is 0 Å². The van der Waals surface area contributed by atoms with Gasteiger partial charge in [-0.25, -0.2) is 0 Å². The molecular weight excluding hydrogens is 160 g/mol. The standard InChI is InChI=1S/C12H14O/c1-3-10(4-2)12(13)11-8-6-5-7-9-11/h3,5-10H,1,4H2,2H3/t10-/m0/s1. The number of benzene rings is 1. The van der Waals surface area contributed by atoms with Crippen molar-refractivity contribution in [3.8, 4) is 0 Å². The zero-order valence-corrected chi connectivity index (χ0v) is 7.86. The number of hydrogen-bond donors (Lipinski definition) is 0. The maximum Gasteiger partial charge on any atom is 0.169 e. The van der Waals surface area contributed by atoms with Gasteiger partial charge in [-0.3, -0.25) is 4.79 Å². The first kappa shape index (κ1) is 9.72. The Labute approximate surface area is 79.1 Å². The molecular formula is C12H14O. The summed E-state index contributed by atoms with van der Waals surface area (Å²) in [5.74, 6) is 0.125. The van der Waals surface area contributed by atoms with Gasteiger partial charge in [0.15, 0.2) is 5.78 Å². The van der Waals surface area contributed by atoms with E-state index in [1.54, 1.807) is 6.08 Å². The van der Waals surface area contributed by atoms with Crippen molar-refractivity contribution in [3.63, 3.8) is 0 Å². The Bertz CT molecular complexity index is 287. The van der Waals surface area contributed by atoms with Crippen molar-refractivity contribution >= 4 is 5.78 Å². The van der Waals surface area contributed by atoms with E-state index in [1.165, 1.54) is 0 Å². The van der Waals surface area contributed by atoms with E-state index in [2.05, 4.69) is 6.58 Å². The molecule has 1 nitrogen and oxygen atoms in total. The van der Waals surface area contributed by atoms with E-state index in [0.29, 0.717) is 0 Å². The smallest absolute Gasteiger partial charge is 0.169 e. The molecule has 1 heteroatoms. The van der Waals surface area contributed by atoms with Gasteiger partial charge in [-0.15, -0.1) is 6.58 Å². The molecule has 1 aromatic rings. The second-order valence-electron chi connectivity index (χ2n) is 2.98. The van der Waals surface area contributed by atoms with Crippen molar-refractivity contribution in [2.24, 2.45) is 5.92 Å². The molecule has 0 saturated heterocycles. The Balaban J connectivity index is 2.84. The minimum Gasteiger partial charge on any atom is -0.294 e. The summed E-state index contributed by atoms with van der Waals surface area (Å²) in [5.41, 5.74) is 0.772. The summed E-state index contributed by atoms with van der Waals surface area (Å²) in [7, 11) is 0. The first-order valence-electron chi connectivity index (χ1n) is 4.51. The number of hydrogen-bond acceptors (Lipinski definition) is 1. The predicted octanol–water partition coefficient (Wildman–Crippen LogP) is 3.08. The van der Waals surface area contributed by atoms with Crippen LogP contribution >= 0.6 is 0 Å². The highest BCUT2D eigenvalue weighted by Crippen LogP contribution is 2.12. The Morgan fingerprint density at radius 3 is 2.54 bits per heavy atom. The van der Waals surface area contributed by atoms with Crippen LogP contribution < -0.4 is 0 Å².